The fourth-order valence-electron chi connectivity index (χ4n) is 2.65. The van der Waals surface area contributed by atoms with Gasteiger partial charge in [0.2, 0.25) is 5.91 Å². The van der Waals surface area contributed by atoms with Crippen molar-refractivity contribution in [3.05, 3.63) is 45.5 Å². The molecule has 1 aliphatic heterocycles. The minimum absolute atomic E-state index is 0.0447. The molecule has 1 aromatic carbocycles. The Morgan fingerprint density at radius 2 is 2.11 bits per heavy atom. The second kappa shape index (κ2) is 10.0. The van der Waals surface area contributed by atoms with E-state index in [1.165, 1.54) is 0 Å². The van der Waals surface area contributed by atoms with Crippen LogP contribution in [-0.4, -0.2) is 24.2 Å². The maximum Gasteiger partial charge on any atom is 0.316 e. The summed E-state index contributed by atoms with van der Waals surface area (Å²) in [4.78, 5) is 24.2. The van der Waals surface area contributed by atoms with Crippen molar-refractivity contribution in [3.63, 3.8) is 0 Å². The van der Waals surface area contributed by atoms with E-state index in [4.69, 9.17) is 16.3 Å². The summed E-state index contributed by atoms with van der Waals surface area (Å²) in [5.41, 5.74) is 0.737. The lowest BCUT2D eigenvalue weighted by molar-refractivity contribution is -0.140. The standard InChI is InChI=1S/C19H18ClN3O3S/c1-2-3-8-26-16(24)11-27-19-14(10-22)17(13(9-21)18(25)23-19)12-6-4-5-7-15(12)20/h4-7,13,17H,2-3,8,11H2,1H3,(H,23,25)/t13-,17+/m1/s1. The van der Waals surface area contributed by atoms with Gasteiger partial charge in [-0.1, -0.05) is 54.9 Å². The van der Waals surface area contributed by atoms with Gasteiger partial charge in [0.1, 0.15) is 5.92 Å². The van der Waals surface area contributed by atoms with E-state index >= 15 is 0 Å². The molecule has 1 N–H and O–H groups in total. The van der Waals surface area contributed by atoms with Crippen LogP contribution in [0.1, 0.15) is 31.2 Å². The zero-order chi connectivity index (χ0) is 19.8. The first-order valence-corrected chi connectivity index (χ1v) is 9.77. The number of nitrogens with one attached hydrogen (secondary N) is 1. The molecule has 1 heterocycles. The van der Waals surface area contributed by atoms with Gasteiger partial charge in [-0.25, -0.2) is 0 Å². The Balaban J connectivity index is 2.31. The first-order valence-electron chi connectivity index (χ1n) is 8.41. The van der Waals surface area contributed by atoms with E-state index in [0.29, 0.717) is 17.2 Å². The van der Waals surface area contributed by atoms with Gasteiger partial charge in [-0.2, -0.15) is 10.5 Å². The summed E-state index contributed by atoms with van der Waals surface area (Å²) >= 11 is 7.26. The number of nitrogens with zero attached hydrogens (tertiary/aromatic N) is 2. The van der Waals surface area contributed by atoms with E-state index < -0.39 is 23.7 Å². The number of carbonyl (C=O) groups excluding carboxylic acids is 2. The van der Waals surface area contributed by atoms with Crippen LogP contribution in [0.2, 0.25) is 5.02 Å². The lowest BCUT2D eigenvalue weighted by atomic mass is 9.79. The zero-order valence-electron chi connectivity index (χ0n) is 14.7. The lowest BCUT2D eigenvalue weighted by Gasteiger charge is -2.29. The Morgan fingerprint density at radius 3 is 2.74 bits per heavy atom. The first kappa shape index (κ1) is 20.8. The van der Waals surface area contributed by atoms with Gasteiger partial charge in [0.15, 0.2) is 0 Å². The van der Waals surface area contributed by atoms with E-state index in [9.17, 15) is 20.1 Å². The Hall–Kier alpha value is -2.48. The third kappa shape index (κ3) is 5.03. The average Bonchev–Trinajstić information content (AvgIpc) is 2.66. The number of hydrogen-bond acceptors (Lipinski definition) is 6. The second-order valence-electron chi connectivity index (χ2n) is 5.81. The van der Waals surface area contributed by atoms with Crippen LogP contribution in [0, 0.1) is 28.6 Å². The van der Waals surface area contributed by atoms with Gasteiger partial charge in [-0.05, 0) is 18.1 Å². The van der Waals surface area contributed by atoms with Crippen molar-refractivity contribution in [1.82, 2.24) is 5.32 Å². The Kier molecular flexibility index (Phi) is 7.72. The highest BCUT2D eigenvalue weighted by molar-refractivity contribution is 8.03. The van der Waals surface area contributed by atoms with Crippen LogP contribution < -0.4 is 5.32 Å². The summed E-state index contributed by atoms with van der Waals surface area (Å²) in [6.07, 6.45) is 1.69. The number of unbranched alkanes of at least 4 members (excludes halogenated alkanes) is 1. The van der Waals surface area contributed by atoms with Crippen molar-refractivity contribution in [2.24, 2.45) is 5.92 Å². The molecule has 2 rings (SSSR count). The van der Waals surface area contributed by atoms with Crippen molar-refractivity contribution in [3.8, 4) is 12.1 Å². The lowest BCUT2D eigenvalue weighted by Crippen LogP contribution is -2.39. The highest BCUT2D eigenvalue weighted by Gasteiger charge is 2.40. The van der Waals surface area contributed by atoms with E-state index in [1.54, 1.807) is 24.3 Å². The van der Waals surface area contributed by atoms with Crippen molar-refractivity contribution in [2.45, 2.75) is 25.7 Å². The minimum Gasteiger partial charge on any atom is -0.465 e. The number of carbonyl (C=O) groups is 2. The predicted octanol–water partition coefficient (Wildman–Crippen LogP) is 3.50. The highest BCUT2D eigenvalue weighted by atomic mass is 35.5. The molecular weight excluding hydrogens is 386 g/mol. The van der Waals surface area contributed by atoms with Crippen LogP contribution in [0.5, 0.6) is 0 Å². The monoisotopic (exact) mass is 403 g/mol. The van der Waals surface area contributed by atoms with Gasteiger partial charge in [-0.3, -0.25) is 9.59 Å². The molecule has 0 bridgehead atoms. The van der Waals surface area contributed by atoms with E-state index in [0.717, 1.165) is 24.6 Å². The molecule has 0 fully saturated rings. The van der Waals surface area contributed by atoms with Crippen molar-refractivity contribution in [1.29, 1.82) is 10.5 Å². The molecule has 0 unspecified atom stereocenters. The quantitative estimate of drug-likeness (QED) is 0.552. The average molecular weight is 404 g/mol. The normalized spacial score (nSPS) is 19.0. The molecule has 0 saturated carbocycles. The van der Waals surface area contributed by atoms with Crippen LogP contribution in [-0.2, 0) is 14.3 Å². The number of amides is 1. The summed E-state index contributed by atoms with van der Waals surface area (Å²) in [5.74, 6) is -2.87. The minimum atomic E-state index is -1.08. The smallest absolute Gasteiger partial charge is 0.316 e. The molecule has 0 radical (unpaired) electrons. The van der Waals surface area contributed by atoms with Crippen LogP contribution in [0.3, 0.4) is 0 Å². The van der Waals surface area contributed by atoms with E-state index in [1.807, 2.05) is 13.0 Å². The number of thioether (sulfide) groups is 1. The van der Waals surface area contributed by atoms with Crippen molar-refractivity contribution in [2.75, 3.05) is 12.4 Å². The number of benzene rings is 1. The van der Waals surface area contributed by atoms with Crippen LogP contribution >= 0.6 is 23.4 Å². The SMILES string of the molecule is CCCCOC(=O)CSC1=C(C#N)[C@@H](c2ccccc2Cl)[C@@H](C#N)C(=O)N1. The molecule has 0 saturated heterocycles. The number of rotatable bonds is 7. The molecule has 0 aliphatic carbocycles. The molecule has 0 aromatic heterocycles. The molecule has 1 aromatic rings. The van der Waals surface area contributed by atoms with Gasteiger partial charge < -0.3 is 10.1 Å². The van der Waals surface area contributed by atoms with Gasteiger partial charge in [-0.15, -0.1) is 0 Å². The zero-order valence-corrected chi connectivity index (χ0v) is 16.3. The fourth-order valence-corrected chi connectivity index (χ4v) is 3.75. The summed E-state index contributed by atoms with van der Waals surface area (Å²) < 4.78 is 5.09. The molecule has 1 aliphatic rings. The Bertz CT molecular complexity index is 841. The number of ether oxygens (including phenoxy) is 1. The Labute approximate surface area is 167 Å². The van der Waals surface area contributed by atoms with Gasteiger partial charge in [0, 0.05) is 10.9 Å². The number of allylic oxidation sites excluding steroid dienone is 1. The largest absolute Gasteiger partial charge is 0.465 e. The fraction of sp³-hybridized carbons (Fsp3) is 0.368. The first-order chi connectivity index (χ1) is 13.0. The highest BCUT2D eigenvalue weighted by Crippen LogP contribution is 2.41. The molecule has 27 heavy (non-hydrogen) atoms. The molecular formula is C19H18ClN3O3S. The van der Waals surface area contributed by atoms with Gasteiger partial charge >= 0.3 is 5.97 Å². The summed E-state index contributed by atoms with van der Waals surface area (Å²) in [5, 5.41) is 22.3. The van der Waals surface area contributed by atoms with E-state index in [-0.39, 0.29) is 16.4 Å². The number of hydrogen-bond donors (Lipinski definition) is 1. The van der Waals surface area contributed by atoms with Crippen LogP contribution in [0.25, 0.3) is 0 Å². The van der Waals surface area contributed by atoms with Gasteiger partial charge in [0.25, 0.3) is 0 Å². The second-order valence-corrected chi connectivity index (χ2v) is 7.21. The third-order valence-electron chi connectivity index (χ3n) is 4.00. The molecule has 1 amide bonds. The van der Waals surface area contributed by atoms with Gasteiger partial charge in [0.05, 0.1) is 35.1 Å². The molecule has 140 valence electrons. The summed E-state index contributed by atoms with van der Waals surface area (Å²) in [6.45, 7) is 2.33. The number of nitriles is 2. The van der Waals surface area contributed by atoms with Crippen LogP contribution in [0.4, 0.5) is 0 Å². The van der Waals surface area contributed by atoms with Crippen molar-refractivity contribution < 1.29 is 14.3 Å². The number of halogens is 1. The topological polar surface area (TPSA) is 103 Å². The summed E-state index contributed by atoms with van der Waals surface area (Å²) in [7, 11) is 0. The maximum atomic E-state index is 12.4. The van der Waals surface area contributed by atoms with E-state index in [2.05, 4.69) is 11.4 Å². The van der Waals surface area contributed by atoms with Crippen LogP contribution in [0.15, 0.2) is 34.9 Å². The summed E-state index contributed by atoms with van der Waals surface area (Å²) in [6, 6.07) is 10.8. The molecule has 6 nitrogen and oxygen atoms in total. The Morgan fingerprint density at radius 1 is 1.37 bits per heavy atom. The third-order valence-corrected chi connectivity index (χ3v) is 5.34. The molecule has 8 heteroatoms. The molecule has 0 spiro atoms. The molecule has 2 atom stereocenters. The van der Waals surface area contributed by atoms with Crippen molar-refractivity contribution >= 4 is 35.2 Å². The predicted molar refractivity (Wildman–Crippen MR) is 102 cm³/mol. The number of esters is 1. The maximum absolute atomic E-state index is 12.4.